The molecule has 2 fully saturated rings. The average molecular weight is 267 g/mol. The molecule has 0 atom stereocenters. The number of hydrogen-bond donors (Lipinski definition) is 1. The lowest BCUT2D eigenvalue weighted by atomic mass is 10.1. The van der Waals surface area contributed by atoms with Crippen LogP contribution in [0.4, 0.5) is 5.82 Å². The van der Waals surface area contributed by atoms with Gasteiger partial charge in [-0.25, -0.2) is 4.98 Å². The third-order valence-electron chi connectivity index (χ3n) is 4.65. The van der Waals surface area contributed by atoms with Crippen LogP contribution in [-0.2, 0) is 0 Å². The smallest absolute Gasteiger partial charge is 0.132 e. The van der Waals surface area contributed by atoms with Crippen molar-refractivity contribution in [2.75, 3.05) is 5.73 Å². The highest BCUT2D eigenvalue weighted by molar-refractivity contribution is 5.71. The van der Waals surface area contributed by atoms with Crippen LogP contribution in [0.2, 0.25) is 0 Å². The average Bonchev–Trinajstić information content (AvgIpc) is 3.04. The Hall–Kier alpha value is -1.77. The highest BCUT2D eigenvalue weighted by Crippen LogP contribution is 2.45. The molecule has 1 aromatic carbocycles. The molecule has 2 saturated carbocycles. The van der Waals surface area contributed by atoms with E-state index in [1.165, 1.54) is 44.3 Å². The number of aromatic nitrogens is 2. The van der Waals surface area contributed by atoms with Gasteiger partial charge in [-0.1, -0.05) is 43.2 Å². The van der Waals surface area contributed by atoms with Crippen LogP contribution in [0.3, 0.4) is 0 Å². The van der Waals surface area contributed by atoms with Gasteiger partial charge in [-0.3, -0.25) is 0 Å². The summed E-state index contributed by atoms with van der Waals surface area (Å²) < 4.78 is 2.35. The van der Waals surface area contributed by atoms with Crippen LogP contribution >= 0.6 is 0 Å². The van der Waals surface area contributed by atoms with Gasteiger partial charge in [0.1, 0.15) is 17.3 Å². The Balaban J connectivity index is 1.82. The van der Waals surface area contributed by atoms with E-state index >= 15 is 0 Å². The molecule has 0 spiro atoms. The first-order chi connectivity index (χ1) is 9.84. The largest absolute Gasteiger partial charge is 0.383 e. The van der Waals surface area contributed by atoms with Crippen molar-refractivity contribution in [2.45, 2.75) is 50.5 Å². The molecule has 2 aromatic rings. The summed E-state index contributed by atoms with van der Waals surface area (Å²) in [7, 11) is 0. The molecule has 1 heterocycles. The van der Waals surface area contributed by atoms with E-state index in [9.17, 15) is 0 Å². The van der Waals surface area contributed by atoms with Crippen molar-refractivity contribution < 1.29 is 0 Å². The number of anilines is 1. The predicted octanol–water partition coefficient (Wildman–Crippen LogP) is 4.12. The fourth-order valence-corrected chi connectivity index (χ4v) is 3.46. The van der Waals surface area contributed by atoms with Gasteiger partial charge in [-0.05, 0) is 25.7 Å². The Kier molecular flexibility index (Phi) is 2.79. The molecule has 104 valence electrons. The second kappa shape index (κ2) is 4.65. The number of nitrogens with two attached hydrogens (primary N) is 1. The van der Waals surface area contributed by atoms with E-state index in [-0.39, 0.29) is 0 Å². The molecule has 1 aromatic heterocycles. The van der Waals surface area contributed by atoms with Gasteiger partial charge >= 0.3 is 0 Å². The Morgan fingerprint density at radius 3 is 2.35 bits per heavy atom. The minimum atomic E-state index is 0.607. The lowest BCUT2D eigenvalue weighted by Gasteiger charge is -2.12. The number of nitrogens with zero attached hydrogens (tertiary/aromatic N) is 2. The van der Waals surface area contributed by atoms with Gasteiger partial charge in [-0.15, -0.1) is 0 Å². The van der Waals surface area contributed by atoms with Crippen molar-refractivity contribution in [1.29, 1.82) is 0 Å². The van der Waals surface area contributed by atoms with Crippen LogP contribution in [0.5, 0.6) is 0 Å². The normalized spacial score (nSPS) is 19.6. The standard InChI is InChI=1S/C17H21N3/c18-16-15(12-6-2-1-3-7-12)19-17(13-8-4-5-9-13)20(16)14-10-11-14/h1-3,6-7,13-14H,4-5,8-11,18H2. The number of benzene rings is 1. The van der Waals surface area contributed by atoms with Crippen LogP contribution in [0.15, 0.2) is 30.3 Å². The van der Waals surface area contributed by atoms with E-state index in [2.05, 4.69) is 28.8 Å². The Morgan fingerprint density at radius 2 is 1.70 bits per heavy atom. The van der Waals surface area contributed by atoms with Gasteiger partial charge in [0, 0.05) is 17.5 Å². The Morgan fingerprint density at radius 1 is 1.00 bits per heavy atom. The molecule has 20 heavy (non-hydrogen) atoms. The summed E-state index contributed by atoms with van der Waals surface area (Å²) in [6.45, 7) is 0. The zero-order chi connectivity index (χ0) is 13.5. The van der Waals surface area contributed by atoms with Crippen LogP contribution in [0, 0.1) is 0 Å². The summed E-state index contributed by atoms with van der Waals surface area (Å²) in [5, 5.41) is 0. The molecular formula is C17H21N3. The lowest BCUT2D eigenvalue weighted by molar-refractivity contribution is 0.596. The van der Waals surface area contributed by atoms with E-state index in [0.29, 0.717) is 12.0 Å². The number of rotatable bonds is 3. The van der Waals surface area contributed by atoms with Crippen LogP contribution in [0.25, 0.3) is 11.3 Å². The van der Waals surface area contributed by atoms with Crippen molar-refractivity contribution in [3.63, 3.8) is 0 Å². The summed E-state index contributed by atoms with van der Waals surface area (Å²) in [6, 6.07) is 11.0. The molecule has 0 saturated heterocycles. The van der Waals surface area contributed by atoms with Gasteiger partial charge in [0.15, 0.2) is 0 Å². The van der Waals surface area contributed by atoms with E-state index < -0.39 is 0 Å². The maximum absolute atomic E-state index is 6.45. The van der Waals surface area contributed by atoms with Crippen LogP contribution in [0.1, 0.15) is 56.3 Å². The monoisotopic (exact) mass is 267 g/mol. The highest BCUT2D eigenvalue weighted by Gasteiger charge is 2.33. The summed E-state index contributed by atoms with van der Waals surface area (Å²) >= 11 is 0. The minimum Gasteiger partial charge on any atom is -0.383 e. The summed E-state index contributed by atoms with van der Waals surface area (Å²) in [6.07, 6.45) is 7.74. The highest BCUT2D eigenvalue weighted by atomic mass is 15.2. The van der Waals surface area contributed by atoms with Crippen molar-refractivity contribution in [3.8, 4) is 11.3 Å². The second-order valence-electron chi connectivity index (χ2n) is 6.15. The quantitative estimate of drug-likeness (QED) is 0.908. The van der Waals surface area contributed by atoms with Crippen LogP contribution in [-0.4, -0.2) is 9.55 Å². The minimum absolute atomic E-state index is 0.607. The molecule has 0 bridgehead atoms. The van der Waals surface area contributed by atoms with E-state index in [0.717, 1.165) is 17.1 Å². The molecule has 4 rings (SSSR count). The molecule has 2 aliphatic carbocycles. The summed E-state index contributed by atoms with van der Waals surface area (Å²) in [5.41, 5.74) is 8.57. The number of hydrogen-bond acceptors (Lipinski definition) is 2. The fraction of sp³-hybridized carbons (Fsp3) is 0.471. The zero-order valence-corrected chi connectivity index (χ0v) is 11.8. The molecule has 2 N–H and O–H groups in total. The van der Waals surface area contributed by atoms with E-state index in [1.54, 1.807) is 0 Å². The van der Waals surface area contributed by atoms with E-state index in [1.807, 2.05) is 6.07 Å². The van der Waals surface area contributed by atoms with Gasteiger partial charge < -0.3 is 10.3 Å². The molecule has 3 nitrogen and oxygen atoms in total. The van der Waals surface area contributed by atoms with Crippen molar-refractivity contribution >= 4 is 5.82 Å². The third kappa shape index (κ3) is 1.92. The van der Waals surface area contributed by atoms with Crippen LogP contribution < -0.4 is 5.73 Å². The molecule has 0 aliphatic heterocycles. The second-order valence-corrected chi connectivity index (χ2v) is 6.15. The third-order valence-corrected chi connectivity index (χ3v) is 4.65. The maximum Gasteiger partial charge on any atom is 0.132 e. The Labute approximate surface area is 119 Å². The summed E-state index contributed by atoms with van der Waals surface area (Å²) in [4.78, 5) is 4.96. The maximum atomic E-state index is 6.45. The van der Waals surface area contributed by atoms with Gasteiger partial charge in [0.25, 0.3) is 0 Å². The van der Waals surface area contributed by atoms with Gasteiger partial charge in [0.2, 0.25) is 0 Å². The predicted molar refractivity (Wildman–Crippen MR) is 81.6 cm³/mol. The first kappa shape index (κ1) is 12.0. The molecule has 2 aliphatic rings. The molecule has 0 radical (unpaired) electrons. The SMILES string of the molecule is Nc1c(-c2ccccc2)nc(C2CCCC2)n1C1CC1. The fourth-order valence-electron chi connectivity index (χ4n) is 3.46. The summed E-state index contributed by atoms with van der Waals surface area (Å²) in [5.74, 6) is 2.75. The zero-order valence-electron chi connectivity index (χ0n) is 11.8. The molecule has 3 heteroatoms. The molecular weight excluding hydrogens is 246 g/mol. The van der Waals surface area contributed by atoms with Gasteiger partial charge in [-0.2, -0.15) is 0 Å². The lowest BCUT2D eigenvalue weighted by Crippen LogP contribution is -2.08. The van der Waals surface area contributed by atoms with Crippen molar-refractivity contribution in [1.82, 2.24) is 9.55 Å². The van der Waals surface area contributed by atoms with Gasteiger partial charge in [0.05, 0.1) is 0 Å². The molecule has 0 amide bonds. The first-order valence-electron chi connectivity index (χ1n) is 7.77. The first-order valence-corrected chi connectivity index (χ1v) is 7.77. The van der Waals surface area contributed by atoms with Crippen molar-refractivity contribution in [3.05, 3.63) is 36.2 Å². The van der Waals surface area contributed by atoms with Crippen molar-refractivity contribution in [2.24, 2.45) is 0 Å². The Bertz CT molecular complexity index is 605. The number of nitrogen functional groups attached to an aromatic ring is 1. The molecule has 0 unspecified atom stereocenters. The van der Waals surface area contributed by atoms with E-state index in [4.69, 9.17) is 10.7 Å². The topological polar surface area (TPSA) is 43.8 Å². The number of imidazole rings is 1.